The Kier molecular flexibility index (Phi) is 2.92. The zero-order chi connectivity index (χ0) is 14.5. The Morgan fingerprint density at radius 2 is 2.10 bits per heavy atom. The average Bonchev–Trinajstić information content (AvgIpc) is 2.86. The molecule has 0 saturated carbocycles. The van der Waals surface area contributed by atoms with E-state index in [1.54, 1.807) is 0 Å². The summed E-state index contributed by atoms with van der Waals surface area (Å²) in [4.78, 5) is 0. The van der Waals surface area contributed by atoms with E-state index in [2.05, 4.69) is 38.9 Å². The first-order valence-electron chi connectivity index (χ1n) is 7.18. The van der Waals surface area contributed by atoms with E-state index < -0.39 is 0 Å². The summed E-state index contributed by atoms with van der Waals surface area (Å²) in [5, 5.41) is 4.39. The van der Waals surface area contributed by atoms with E-state index in [4.69, 9.17) is 10.5 Å². The minimum atomic E-state index is -0.216. The number of fused-ring (bicyclic) bond motifs is 1. The van der Waals surface area contributed by atoms with Crippen molar-refractivity contribution in [3.63, 3.8) is 0 Å². The summed E-state index contributed by atoms with van der Waals surface area (Å²) in [5.74, 6) is 0.283. The molecule has 0 aromatic carbocycles. The quantitative estimate of drug-likeness (QED) is 0.915. The molecule has 2 aromatic rings. The lowest BCUT2D eigenvalue weighted by molar-refractivity contribution is -0.0766. The second-order valence-corrected chi connectivity index (χ2v) is 6.93. The molecule has 108 valence electrons. The molecule has 4 nitrogen and oxygen atoms in total. The van der Waals surface area contributed by atoms with Crippen molar-refractivity contribution in [3.05, 3.63) is 36.2 Å². The number of nitrogens with two attached hydrogens (primary N) is 1. The highest BCUT2D eigenvalue weighted by Gasteiger charge is 2.48. The van der Waals surface area contributed by atoms with Crippen molar-refractivity contribution >= 4 is 5.52 Å². The Morgan fingerprint density at radius 1 is 1.35 bits per heavy atom. The SMILES string of the molecule is CC1(C)CC(C(N)c2cnn3ccccc23)C(C)(C)O1. The predicted octanol–water partition coefficient (Wildman–Crippen LogP) is 2.93. The first kappa shape index (κ1) is 13.6. The summed E-state index contributed by atoms with van der Waals surface area (Å²) in [7, 11) is 0. The van der Waals surface area contributed by atoms with Crippen molar-refractivity contribution in [1.29, 1.82) is 0 Å². The molecule has 0 aliphatic carbocycles. The zero-order valence-corrected chi connectivity index (χ0v) is 12.6. The van der Waals surface area contributed by atoms with Gasteiger partial charge in [-0.1, -0.05) is 6.07 Å². The van der Waals surface area contributed by atoms with Gasteiger partial charge in [-0.25, -0.2) is 4.52 Å². The molecule has 1 saturated heterocycles. The van der Waals surface area contributed by atoms with Crippen LogP contribution in [-0.4, -0.2) is 20.8 Å². The Bertz CT molecular complexity index is 629. The minimum Gasteiger partial charge on any atom is -0.369 e. The average molecular weight is 273 g/mol. The molecule has 0 bridgehead atoms. The van der Waals surface area contributed by atoms with E-state index in [0.717, 1.165) is 17.5 Å². The normalized spacial score (nSPS) is 25.9. The van der Waals surface area contributed by atoms with E-state index in [1.807, 2.05) is 29.0 Å². The van der Waals surface area contributed by atoms with Crippen molar-refractivity contribution in [2.75, 3.05) is 0 Å². The van der Waals surface area contributed by atoms with Gasteiger partial charge in [0.1, 0.15) is 0 Å². The highest BCUT2D eigenvalue weighted by molar-refractivity contribution is 5.55. The van der Waals surface area contributed by atoms with Gasteiger partial charge in [-0.05, 0) is 46.2 Å². The third-order valence-corrected chi connectivity index (χ3v) is 4.39. The largest absolute Gasteiger partial charge is 0.369 e. The highest BCUT2D eigenvalue weighted by Crippen LogP contribution is 2.47. The van der Waals surface area contributed by atoms with Crippen LogP contribution in [0.1, 0.15) is 45.7 Å². The molecule has 3 rings (SSSR count). The molecule has 0 spiro atoms. The standard InChI is InChI=1S/C16H23N3O/c1-15(2)9-12(16(3,4)20-15)14(17)11-10-18-19-8-6-5-7-13(11)19/h5-8,10,12,14H,9,17H2,1-4H3. The molecule has 2 unspecified atom stereocenters. The van der Waals surface area contributed by atoms with E-state index in [9.17, 15) is 0 Å². The second-order valence-electron chi connectivity index (χ2n) is 6.93. The molecule has 2 aromatic heterocycles. The van der Waals surface area contributed by atoms with E-state index in [1.165, 1.54) is 0 Å². The Morgan fingerprint density at radius 3 is 2.75 bits per heavy atom. The summed E-state index contributed by atoms with van der Waals surface area (Å²) in [5.41, 5.74) is 8.43. The minimum absolute atomic E-state index is 0.0633. The van der Waals surface area contributed by atoms with Gasteiger partial charge in [-0.15, -0.1) is 0 Å². The van der Waals surface area contributed by atoms with Crippen LogP contribution in [0.2, 0.25) is 0 Å². The van der Waals surface area contributed by atoms with Crippen molar-refractivity contribution in [1.82, 2.24) is 9.61 Å². The van der Waals surface area contributed by atoms with Crippen LogP contribution in [0.3, 0.4) is 0 Å². The Labute approximate surface area is 119 Å². The predicted molar refractivity (Wildman–Crippen MR) is 79.5 cm³/mol. The Balaban J connectivity index is 1.98. The maximum Gasteiger partial charge on any atom is 0.0709 e. The van der Waals surface area contributed by atoms with Gasteiger partial charge >= 0.3 is 0 Å². The lowest BCUT2D eigenvalue weighted by Crippen LogP contribution is -2.35. The number of hydrogen-bond acceptors (Lipinski definition) is 3. The van der Waals surface area contributed by atoms with Crippen LogP contribution in [-0.2, 0) is 4.74 Å². The van der Waals surface area contributed by atoms with E-state index in [-0.39, 0.29) is 23.2 Å². The highest BCUT2D eigenvalue weighted by atomic mass is 16.5. The van der Waals surface area contributed by atoms with Crippen molar-refractivity contribution in [3.8, 4) is 0 Å². The number of rotatable bonds is 2. The van der Waals surface area contributed by atoms with Gasteiger partial charge in [-0.3, -0.25) is 0 Å². The lowest BCUT2D eigenvalue weighted by atomic mass is 9.79. The van der Waals surface area contributed by atoms with Crippen LogP contribution in [0.4, 0.5) is 0 Å². The number of nitrogens with zero attached hydrogens (tertiary/aromatic N) is 2. The molecule has 1 aliphatic heterocycles. The molecule has 4 heteroatoms. The fraction of sp³-hybridized carbons (Fsp3) is 0.562. The Hall–Kier alpha value is -1.39. The lowest BCUT2D eigenvalue weighted by Gasteiger charge is -2.30. The third-order valence-electron chi connectivity index (χ3n) is 4.39. The monoisotopic (exact) mass is 273 g/mol. The van der Waals surface area contributed by atoms with E-state index in [0.29, 0.717) is 0 Å². The van der Waals surface area contributed by atoms with Gasteiger partial charge in [0.15, 0.2) is 0 Å². The van der Waals surface area contributed by atoms with Crippen LogP contribution in [0.15, 0.2) is 30.6 Å². The molecule has 3 heterocycles. The summed E-state index contributed by atoms with van der Waals surface area (Å²) in [6.45, 7) is 8.55. The molecule has 2 N–H and O–H groups in total. The number of aromatic nitrogens is 2. The molecule has 0 radical (unpaired) electrons. The maximum atomic E-state index is 6.57. The number of pyridine rings is 1. The first-order valence-corrected chi connectivity index (χ1v) is 7.18. The fourth-order valence-electron chi connectivity index (χ4n) is 3.59. The molecule has 1 fully saturated rings. The number of hydrogen-bond donors (Lipinski definition) is 1. The summed E-state index contributed by atoms with van der Waals surface area (Å²) in [6, 6.07) is 6.00. The van der Waals surface area contributed by atoms with Gasteiger partial charge in [0.2, 0.25) is 0 Å². The third kappa shape index (κ3) is 2.13. The number of ether oxygens (including phenoxy) is 1. The summed E-state index contributed by atoms with van der Waals surface area (Å²) >= 11 is 0. The van der Waals surface area contributed by atoms with Gasteiger partial charge in [0.05, 0.1) is 22.9 Å². The molecular weight excluding hydrogens is 250 g/mol. The van der Waals surface area contributed by atoms with Gasteiger partial charge in [0, 0.05) is 23.7 Å². The van der Waals surface area contributed by atoms with E-state index >= 15 is 0 Å². The molecular formula is C16H23N3O. The van der Waals surface area contributed by atoms with Gasteiger partial charge in [0.25, 0.3) is 0 Å². The fourth-order valence-corrected chi connectivity index (χ4v) is 3.59. The van der Waals surface area contributed by atoms with Crippen molar-refractivity contribution in [2.24, 2.45) is 11.7 Å². The molecule has 2 atom stereocenters. The van der Waals surface area contributed by atoms with Crippen LogP contribution < -0.4 is 5.73 Å². The van der Waals surface area contributed by atoms with Gasteiger partial charge in [-0.2, -0.15) is 5.10 Å². The zero-order valence-electron chi connectivity index (χ0n) is 12.6. The van der Waals surface area contributed by atoms with Gasteiger partial charge < -0.3 is 10.5 Å². The topological polar surface area (TPSA) is 52.5 Å². The van der Waals surface area contributed by atoms with Crippen molar-refractivity contribution < 1.29 is 4.74 Å². The summed E-state index contributed by atoms with van der Waals surface area (Å²) in [6.07, 6.45) is 4.80. The van der Waals surface area contributed by atoms with Crippen LogP contribution in [0.5, 0.6) is 0 Å². The van der Waals surface area contributed by atoms with Crippen LogP contribution in [0, 0.1) is 5.92 Å². The van der Waals surface area contributed by atoms with Crippen LogP contribution >= 0.6 is 0 Å². The van der Waals surface area contributed by atoms with Crippen molar-refractivity contribution in [2.45, 2.75) is 51.4 Å². The first-order chi connectivity index (χ1) is 9.30. The molecule has 20 heavy (non-hydrogen) atoms. The maximum absolute atomic E-state index is 6.57. The molecule has 1 aliphatic rings. The summed E-state index contributed by atoms with van der Waals surface area (Å²) < 4.78 is 8.05. The van der Waals surface area contributed by atoms with Crippen LogP contribution in [0.25, 0.3) is 5.52 Å². The molecule has 0 amide bonds. The second kappa shape index (κ2) is 4.30. The smallest absolute Gasteiger partial charge is 0.0709 e.